The number of hydrogen-bond acceptors (Lipinski definition) is 2. The van der Waals surface area contributed by atoms with Crippen molar-refractivity contribution in [3.05, 3.63) is 18.0 Å². The van der Waals surface area contributed by atoms with Crippen molar-refractivity contribution in [2.75, 3.05) is 6.54 Å². The molecule has 1 heterocycles. The van der Waals surface area contributed by atoms with Gasteiger partial charge in [-0.25, -0.2) is 0 Å². The van der Waals surface area contributed by atoms with Crippen LogP contribution in [0.15, 0.2) is 12.3 Å². The molecule has 3 unspecified atom stereocenters. The number of aromatic nitrogens is 2. The number of alkyl halides is 1. The zero-order chi connectivity index (χ0) is 13.0. The normalized spacial score (nSPS) is 25.5. The van der Waals surface area contributed by atoms with E-state index in [-0.39, 0.29) is 0 Å². The van der Waals surface area contributed by atoms with Crippen LogP contribution in [-0.4, -0.2) is 21.7 Å². The Morgan fingerprint density at radius 2 is 2.39 bits per heavy atom. The molecule has 3 nitrogen and oxygen atoms in total. The molecule has 1 aromatic rings. The van der Waals surface area contributed by atoms with E-state index in [2.05, 4.69) is 41.2 Å². The van der Waals surface area contributed by atoms with Crippen LogP contribution in [-0.2, 0) is 6.54 Å². The minimum absolute atomic E-state index is 0.404. The first-order valence-electron chi connectivity index (χ1n) is 7.07. The third kappa shape index (κ3) is 3.72. The summed E-state index contributed by atoms with van der Waals surface area (Å²) < 4.78 is 2.06. The summed E-state index contributed by atoms with van der Waals surface area (Å²) in [5.41, 5.74) is 1.13. The molecule has 1 aliphatic rings. The van der Waals surface area contributed by atoms with Gasteiger partial charge in [-0.15, -0.1) is 11.6 Å². The van der Waals surface area contributed by atoms with Gasteiger partial charge in [-0.2, -0.15) is 5.10 Å². The first-order chi connectivity index (χ1) is 8.69. The largest absolute Gasteiger partial charge is 0.311 e. The van der Waals surface area contributed by atoms with Gasteiger partial charge < -0.3 is 5.32 Å². The Kier molecular flexibility index (Phi) is 5.07. The van der Waals surface area contributed by atoms with Gasteiger partial charge in [0.25, 0.3) is 0 Å². The fourth-order valence-corrected chi connectivity index (χ4v) is 2.89. The number of nitrogens with one attached hydrogen (secondary N) is 1. The van der Waals surface area contributed by atoms with Crippen LogP contribution >= 0.6 is 11.6 Å². The molecule has 0 radical (unpaired) electrons. The maximum atomic E-state index is 6.11. The van der Waals surface area contributed by atoms with Crippen LogP contribution < -0.4 is 5.32 Å². The molecule has 0 aliphatic heterocycles. The SMILES string of the molecule is CCC(C)n1ccc(CNCC2CCC(Cl)C2)n1. The Morgan fingerprint density at radius 1 is 1.56 bits per heavy atom. The number of rotatable bonds is 6. The summed E-state index contributed by atoms with van der Waals surface area (Å²) in [7, 11) is 0. The topological polar surface area (TPSA) is 29.9 Å². The van der Waals surface area contributed by atoms with Gasteiger partial charge in [0.05, 0.1) is 5.69 Å². The summed E-state index contributed by atoms with van der Waals surface area (Å²) in [6.07, 6.45) is 6.80. The molecule has 1 N–H and O–H groups in total. The Labute approximate surface area is 115 Å². The molecule has 2 rings (SSSR count). The van der Waals surface area contributed by atoms with Crippen LogP contribution in [0.5, 0.6) is 0 Å². The molecule has 1 fully saturated rings. The minimum atomic E-state index is 0.404. The molecule has 1 aliphatic carbocycles. The van der Waals surface area contributed by atoms with Gasteiger partial charge in [0.1, 0.15) is 0 Å². The van der Waals surface area contributed by atoms with Crippen molar-refractivity contribution < 1.29 is 0 Å². The van der Waals surface area contributed by atoms with Gasteiger partial charge in [-0.3, -0.25) is 4.68 Å². The first-order valence-corrected chi connectivity index (χ1v) is 7.51. The average Bonchev–Trinajstić information content (AvgIpc) is 2.98. The summed E-state index contributed by atoms with van der Waals surface area (Å²) in [6.45, 7) is 6.32. The summed E-state index contributed by atoms with van der Waals surface area (Å²) >= 11 is 6.11. The molecule has 18 heavy (non-hydrogen) atoms. The summed E-state index contributed by atoms with van der Waals surface area (Å²) in [5.74, 6) is 0.754. The van der Waals surface area contributed by atoms with E-state index in [1.807, 2.05) is 0 Å². The first kappa shape index (κ1) is 13.9. The molecule has 0 aromatic carbocycles. The van der Waals surface area contributed by atoms with E-state index in [4.69, 9.17) is 11.6 Å². The second-order valence-corrected chi connectivity index (χ2v) is 6.07. The zero-order valence-electron chi connectivity index (χ0n) is 11.4. The minimum Gasteiger partial charge on any atom is -0.311 e. The highest BCUT2D eigenvalue weighted by molar-refractivity contribution is 6.20. The fraction of sp³-hybridized carbons (Fsp3) is 0.786. The monoisotopic (exact) mass is 269 g/mol. The fourth-order valence-electron chi connectivity index (χ4n) is 2.51. The van der Waals surface area contributed by atoms with Crippen molar-refractivity contribution in [3.63, 3.8) is 0 Å². The molecule has 3 atom stereocenters. The number of hydrogen-bond donors (Lipinski definition) is 1. The molecular formula is C14H24ClN3. The molecule has 0 amide bonds. The van der Waals surface area contributed by atoms with E-state index in [1.165, 1.54) is 12.8 Å². The Balaban J connectivity index is 1.71. The molecule has 0 spiro atoms. The van der Waals surface area contributed by atoms with Gasteiger partial charge >= 0.3 is 0 Å². The maximum absolute atomic E-state index is 6.11. The van der Waals surface area contributed by atoms with Crippen LogP contribution in [0.4, 0.5) is 0 Å². The third-order valence-electron chi connectivity index (χ3n) is 3.92. The van der Waals surface area contributed by atoms with Crippen molar-refractivity contribution in [2.24, 2.45) is 5.92 Å². The van der Waals surface area contributed by atoms with E-state index >= 15 is 0 Å². The highest BCUT2D eigenvalue weighted by Gasteiger charge is 2.22. The highest BCUT2D eigenvalue weighted by Crippen LogP contribution is 2.28. The van der Waals surface area contributed by atoms with Gasteiger partial charge in [0.15, 0.2) is 0 Å². The average molecular weight is 270 g/mol. The lowest BCUT2D eigenvalue weighted by Gasteiger charge is -2.10. The predicted octanol–water partition coefficient (Wildman–Crippen LogP) is 3.35. The van der Waals surface area contributed by atoms with Crippen molar-refractivity contribution in [2.45, 2.75) is 57.5 Å². The lowest BCUT2D eigenvalue weighted by Crippen LogP contribution is -2.21. The Hall–Kier alpha value is -0.540. The van der Waals surface area contributed by atoms with Gasteiger partial charge in [-0.1, -0.05) is 6.92 Å². The van der Waals surface area contributed by atoms with Crippen LogP contribution in [0.2, 0.25) is 0 Å². The Bertz CT molecular complexity index is 364. The molecule has 0 bridgehead atoms. The van der Waals surface area contributed by atoms with E-state index in [0.29, 0.717) is 11.4 Å². The van der Waals surface area contributed by atoms with Crippen LogP contribution in [0.1, 0.15) is 51.3 Å². The summed E-state index contributed by atoms with van der Waals surface area (Å²) in [6, 6.07) is 2.60. The smallest absolute Gasteiger partial charge is 0.0762 e. The molecule has 4 heteroatoms. The number of halogens is 1. The maximum Gasteiger partial charge on any atom is 0.0762 e. The van der Waals surface area contributed by atoms with Crippen molar-refractivity contribution in [1.82, 2.24) is 15.1 Å². The zero-order valence-corrected chi connectivity index (χ0v) is 12.2. The molecule has 102 valence electrons. The molecular weight excluding hydrogens is 246 g/mol. The second-order valence-electron chi connectivity index (χ2n) is 5.45. The van der Waals surface area contributed by atoms with Gasteiger partial charge in [0.2, 0.25) is 0 Å². The standard InChI is InChI=1S/C14H24ClN3/c1-3-11(2)18-7-6-14(17-18)10-16-9-12-4-5-13(15)8-12/h6-7,11-13,16H,3-5,8-10H2,1-2H3. The van der Waals surface area contributed by atoms with Gasteiger partial charge in [0, 0.05) is 24.2 Å². The van der Waals surface area contributed by atoms with Crippen molar-refractivity contribution in [3.8, 4) is 0 Å². The summed E-state index contributed by atoms with van der Waals surface area (Å²) in [4.78, 5) is 0. The second kappa shape index (κ2) is 6.58. The van der Waals surface area contributed by atoms with Crippen LogP contribution in [0.25, 0.3) is 0 Å². The summed E-state index contributed by atoms with van der Waals surface area (Å²) in [5, 5.41) is 8.49. The van der Waals surface area contributed by atoms with Crippen LogP contribution in [0.3, 0.4) is 0 Å². The number of nitrogens with zero attached hydrogens (tertiary/aromatic N) is 2. The van der Waals surface area contributed by atoms with E-state index in [0.717, 1.165) is 37.5 Å². The van der Waals surface area contributed by atoms with Crippen molar-refractivity contribution in [1.29, 1.82) is 0 Å². The van der Waals surface area contributed by atoms with Crippen LogP contribution in [0, 0.1) is 5.92 Å². The molecule has 0 saturated heterocycles. The van der Waals surface area contributed by atoms with Crippen molar-refractivity contribution >= 4 is 11.6 Å². The third-order valence-corrected chi connectivity index (χ3v) is 4.32. The van der Waals surface area contributed by atoms with E-state index in [9.17, 15) is 0 Å². The Morgan fingerprint density at radius 3 is 3.06 bits per heavy atom. The highest BCUT2D eigenvalue weighted by atomic mass is 35.5. The quantitative estimate of drug-likeness (QED) is 0.803. The van der Waals surface area contributed by atoms with E-state index < -0.39 is 0 Å². The lowest BCUT2D eigenvalue weighted by atomic mass is 10.1. The van der Waals surface area contributed by atoms with Gasteiger partial charge in [-0.05, 0) is 51.1 Å². The predicted molar refractivity (Wildman–Crippen MR) is 75.9 cm³/mol. The lowest BCUT2D eigenvalue weighted by molar-refractivity contribution is 0.462. The molecule has 1 saturated carbocycles. The molecule has 1 aromatic heterocycles. The van der Waals surface area contributed by atoms with E-state index in [1.54, 1.807) is 0 Å².